The maximum Gasteiger partial charge on any atom is 0.329 e. The molecule has 1 aromatic carbocycles. The van der Waals surface area contributed by atoms with Crippen molar-refractivity contribution in [2.24, 2.45) is 0 Å². The van der Waals surface area contributed by atoms with Crippen molar-refractivity contribution < 1.29 is 21.7 Å². The largest absolute Gasteiger partial charge is 0.329 e. The van der Waals surface area contributed by atoms with Gasteiger partial charge in [-0.3, -0.25) is 4.52 Å². The first-order valence-corrected chi connectivity index (χ1v) is 6.66. The molecule has 0 amide bonds. The third kappa shape index (κ3) is 3.66. The average Bonchev–Trinajstić information content (AvgIpc) is 2.22. The van der Waals surface area contributed by atoms with Gasteiger partial charge in [0.25, 0.3) is 0 Å². The van der Waals surface area contributed by atoms with Crippen LogP contribution >= 0.6 is 31.9 Å². The van der Waals surface area contributed by atoms with Gasteiger partial charge in [0.15, 0.2) is 6.79 Å². The van der Waals surface area contributed by atoms with Crippen LogP contribution in [0, 0.1) is 0 Å². The van der Waals surface area contributed by atoms with Crippen LogP contribution in [0.1, 0.15) is 0 Å². The van der Waals surface area contributed by atoms with Crippen LogP contribution in [0.3, 0.4) is 0 Å². The predicted octanol–water partition coefficient (Wildman–Crippen LogP) is 2.88. The van der Waals surface area contributed by atoms with Crippen molar-refractivity contribution in [2.75, 3.05) is 6.79 Å². The topological polar surface area (TPSA) is 69.7 Å². The quantitative estimate of drug-likeness (QED) is 0.362. The molecule has 5 nitrogen and oxygen atoms in total. The second-order valence-corrected chi connectivity index (χ2v) is 5.30. The molecule has 0 radical (unpaired) electrons. The fourth-order valence-electron chi connectivity index (χ4n) is 0.839. The van der Waals surface area contributed by atoms with Crippen LogP contribution in [0.25, 0.3) is 0 Å². The van der Waals surface area contributed by atoms with Gasteiger partial charge in [-0.05, 0) is 18.2 Å². The second-order valence-electron chi connectivity index (χ2n) is 2.47. The lowest BCUT2D eigenvalue weighted by Crippen LogP contribution is -2.08. The van der Waals surface area contributed by atoms with E-state index in [1.54, 1.807) is 0 Å². The molecular formula is C7H5Cl2O5PS. The summed E-state index contributed by atoms with van der Waals surface area (Å²) in [6.07, 6.45) is 0. The Hall–Kier alpha value is -0.230. The molecule has 0 saturated heterocycles. The normalized spacial score (nSPS) is 11.9. The Morgan fingerprint density at radius 1 is 1.31 bits per heavy atom. The van der Waals surface area contributed by atoms with E-state index in [1.807, 2.05) is 0 Å². The van der Waals surface area contributed by atoms with E-state index in [2.05, 4.69) is 8.71 Å². The Morgan fingerprint density at radius 2 is 2.00 bits per heavy atom. The third-order valence-corrected chi connectivity index (χ3v) is 3.64. The monoisotopic (exact) mass is 302 g/mol. The zero-order valence-corrected chi connectivity index (χ0v) is 10.8. The zero-order valence-electron chi connectivity index (χ0n) is 7.59. The van der Waals surface area contributed by atoms with Gasteiger partial charge in [0.2, 0.25) is 0 Å². The molecule has 1 rings (SSSR count). The fourth-order valence-corrected chi connectivity index (χ4v) is 2.52. The fraction of sp³-hybridized carbons (Fsp3) is 0.143. The van der Waals surface area contributed by atoms with Gasteiger partial charge < -0.3 is 0 Å². The van der Waals surface area contributed by atoms with Crippen molar-refractivity contribution >= 4 is 42.0 Å². The summed E-state index contributed by atoms with van der Waals surface area (Å²) < 4.78 is 41.6. The van der Waals surface area contributed by atoms with E-state index < -0.39 is 25.6 Å². The molecule has 0 saturated carbocycles. The second kappa shape index (κ2) is 5.91. The summed E-state index contributed by atoms with van der Waals surface area (Å²) in [5.74, 6) is 0. The van der Waals surface area contributed by atoms with Crippen molar-refractivity contribution in [3.8, 4) is 0 Å². The average molecular weight is 303 g/mol. The van der Waals surface area contributed by atoms with Crippen LogP contribution in [0.15, 0.2) is 23.1 Å². The van der Waals surface area contributed by atoms with E-state index >= 15 is 0 Å². The highest BCUT2D eigenvalue weighted by Crippen LogP contribution is 2.26. The Balaban J connectivity index is 2.97. The highest BCUT2D eigenvalue weighted by atomic mass is 35.5. The Morgan fingerprint density at radius 3 is 2.62 bits per heavy atom. The molecule has 0 atom stereocenters. The standard InChI is InChI=1S/C7H5Cl2O5PS/c8-5-1-2-6(9)7(3-5)16(11,12)14-4-13-15-10/h1-3H,4H2. The van der Waals surface area contributed by atoms with Gasteiger partial charge in [0.1, 0.15) is 4.90 Å². The minimum atomic E-state index is -4.07. The van der Waals surface area contributed by atoms with Crippen LogP contribution in [0.2, 0.25) is 10.0 Å². The Labute approximate surface area is 104 Å². The zero-order chi connectivity index (χ0) is 12.2. The summed E-state index contributed by atoms with van der Waals surface area (Å²) in [5, 5.41) is 0.179. The number of halogens is 2. The molecule has 0 N–H and O–H groups in total. The maximum atomic E-state index is 11.5. The summed E-state index contributed by atoms with van der Waals surface area (Å²) in [6, 6.07) is 3.91. The van der Waals surface area contributed by atoms with Crippen molar-refractivity contribution in [3.63, 3.8) is 0 Å². The summed E-state index contributed by atoms with van der Waals surface area (Å²) in [7, 11) is -4.75. The van der Waals surface area contributed by atoms with Gasteiger partial charge in [-0.15, -0.1) is 0 Å². The van der Waals surface area contributed by atoms with Gasteiger partial charge in [0.05, 0.1) is 5.02 Å². The van der Waals surface area contributed by atoms with Crippen LogP contribution < -0.4 is 0 Å². The molecule has 0 aromatic heterocycles. The lowest BCUT2D eigenvalue weighted by molar-refractivity contribution is 0.140. The maximum absolute atomic E-state index is 11.5. The third-order valence-electron chi connectivity index (χ3n) is 1.47. The highest BCUT2D eigenvalue weighted by Gasteiger charge is 2.19. The van der Waals surface area contributed by atoms with E-state index in [0.29, 0.717) is 0 Å². The summed E-state index contributed by atoms with van der Waals surface area (Å²) >= 11 is 11.3. The van der Waals surface area contributed by atoms with Gasteiger partial charge >= 0.3 is 18.8 Å². The smallest absolute Gasteiger partial charge is 0.265 e. The van der Waals surface area contributed by atoms with Crippen LogP contribution in [0.5, 0.6) is 0 Å². The van der Waals surface area contributed by atoms with Crippen molar-refractivity contribution in [1.82, 2.24) is 0 Å². The molecule has 9 heteroatoms. The van der Waals surface area contributed by atoms with Crippen molar-refractivity contribution in [2.45, 2.75) is 4.90 Å². The minimum Gasteiger partial charge on any atom is -0.265 e. The number of hydrogen-bond donors (Lipinski definition) is 0. The molecule has 0 aliphatic heterocycles. The number of hydrogen-bond acceptors (Lipinski definition) is 5. The van der Waals surface area contributed by atoms with Gasteiger partial charge in [-0.2, -0.15) is 8.42 Å². The lowest BCUT2D eigenvalue weighted by Gasteiger charge is -2.05. The van der Waals surface area contributed by atoms with E-state index in [-0.39, 0.29) is 14.9 Å². The number of rotatable bonds is 5. The predicted molar refractivity (Wildman–Crippen MR) is 58.3 cm³/mol. The summed E-state index contributed by atoms with van der Waals surface area (Å²) in [6.45, 7) is -0.670. The summed E-state index contributed by atoms with van der Waals surface area (Å²) in [5.41, 5.74) is 0. The minimum absolute atomic E-state index is 0.0240. The molecule has 0 unspecified atom stereocenters. The first-order valence-electron chi connectivity index (χ1n) is 3.76. The molecular weight excluding hydrogens is 298 g/mol. The molecule has 0 aliphatic carbocycles. The highest BCUT2D eigenvalue weighted by molar-refractivity contribution is 7.86. The van der Waals surface area contributed by atoms with E-state index in [9.17, 15) is 13.0 Å². The molecule has 0 fully saturated rings. The van der Waals surface area contributed by atoms with Gasteiger partial charge in [-0.1, -0.05) is 23.2 Å². The van der Waals surface area contributed by atoms with Gasteiger partial charge in [-0.25, -0.2) is 8.75 Å². The van der Waals surface area contributed by atoms with Crippen LogP contribution in [0.4, 0.5) is 0 Å². The number of benzene rings is 1. The Bertz CT molecular complexity index is 490. The van der Waals surface area contributed by atoms with Crippen molar-refractivity contribution in [1.29, 1.82) is 0 Å². The molecule has 1 aromatic rings. The van der Waals surface area contributed by atoms with Crippen molar-refractivity contribution in [3.05, 3.63) is 28.2 Å². The Kier molecular flexibility index (Phi) is 5.11. The first-order chi connectivity index (χ1) is 7.47. The van der Waals surface area contributed by atoms with Crippen LogP contribution in [-0.4, -0.2) is 15.2 Å². The molecule has 16 heavy (non-hydrogen) atoms. The SMILES string of the molecule is O=POCOS(=O)(=O)c1cc(Cl)ccc1Cl. The lowest BCUT2D eigenvalue weighted by atomic mass is 10.4. The van der Waals surface area contributed by atoms with E-state index in [4.69, 9.17) is 23.2 Å². The molecule has 0 spiro atoms. The van der Waals surface area contributed by atoms with Gasteiger partial charge in [0, 0.05) is 5.02 Å². The molecule has 0 heterocycles. The summed E-state index contributed by atoms with van der Waals surface area (Å²) in [4.78, 5) is -0.271. The molecule has 88 valence electrons. The molecule has 0 aliphatic rings. The van der Waals surface area contributed by atoms with E-state index in [1.165, 1.54) is 12.1 Å². The van der Waals surface area contributed by atoms with E-state index in [0.717, 1.165) is 6.07 Å². The molecule has 0 bridgehead atoms. The first kappa shape index (κ1) is 13.8. The van der Waals surface area contributed by atoms with Crippen LogP contribution in [-0.2, 0) is 23.4 Å².